The van der Waals surface area contributed by atoms with Crippen LogP contribution in [0.5, 0.6) is 0 Å². The third-order valence-electron chi connectivity index (χ3n) is 3.89. The van der Waals surface area contributed by atoms with Crippen LogP contribution in [0.4, 0.5) is 8.78 Å². The Morgan fingerprint density at radius 3 is 2.58 bits per heavy atom. The standard InChI is InChI=1S/C17H22F2N2O2S/c1-10(2)7-14(16(23)20(3)4)21-15(22)9-24-17(21)12-6-5-11(18)8-13(12)19/h5-6,8,10,14,17H,7,9H2,1-4H3/t14-,17+/m1/s1. The zero-order chi connectivity index (χ0) is 18.0. The molecule has 0 spiro atoms. The molecule has 1 aliphatic rings. The molecule has 1 aromatic rings. The minimum Gasteiger partial charge on any atom is -0.347 e. The Morgan fingerprint density at radius 1 is 1.38 bits per heavy atom. The Bertz CT molecular complexity index is 637. The monoisotopic (exact) mass is 356 g/mol. The summed E-state index contributed by atoms with van der Waals surface area (Å²) in [7, 11) is 3.27. The third kappa shape index (κ3) is 3.88. The number of benzene rings is 1. The van der Waals surface area contributed by atoms with E-state index in [9.17, 15) is 18.4 Å². The summed E-state index contributed by atoms with van der Waals surface area (Å²) in [6, 6.07) is 2.67. The Balaban J connectivity index is 2.41. The molecule has 0 unspecified atom stereocenters. The molecular weight excluding hydrogens is 334 g/mol. The Kier molecular flexibility index (Phi) is 5.85. The van der Waals surface area contributed by atoms with Crippen LogP contribution in [-0.4, -0.2) is 47.5 Å². The van der Waals surface area contributed by atoms with Gasteiger partial charge in [-0.3, -0.25) is 9.59 Å². The van der Waals surface area contributed by atoms with Gasteiger partial charge in [0.15, 0.2) is 0 Å². The van der Waals surface area contributed by atoms with Crippen molar-refractivity contribution in [3.63, 3.8) is 0 Å². The summed E-state index contributed by atoms with van der Waals surface area (Å²) in [6.45, 7) is 3.94. The number of hydrogen-bond donors (Lipinski definition) is 0. The molecule has 0 radical (unpaired) electrons. The van der Waals surface area contributed by atoms with Crippen molar-refractivity contribution in [3.8, 4) is 0 Å². The fourth-order valence-electron chi connectivity index (χ4n) is 2.79. The molecule has 1 fully saturated rings. The van der Waals surface area contributed by atoms with E-state index in [2.05, 4.69) is 0 Å². The SMILES string of the molecule is CC(C)C[C@H](C(=O)N(C)C)N1C(=O)CS[C@H]1c1ccc(F)cc1F. The molecule has 4 nitrogen and oxygen atoms in total. The van der Waals surface area contributed by atoms with Crippen molar-refractivity contribution in [2.45, 2.75) is 31.7 Å². The predicted molar refractivity (Wildman–Crippen MR) is 90.3 cm³/mol. The molecule has 0 saturated carbocycles. The largest absolute Gasteiger partial charge is 0.347 e. The van der Waals surface area contributed by atoms with Gasteiger partial charge in [-0.25, -0.2) is 8.78 Å². The maximum atomic E-state index is 14.2. The Morgan fingerprint density at radius 2 is 2.04 bits per heavy atom. The van der Waals surface area contributed by atoms with Gasteiger partial charge in [0.05, 0.1) is 5.75 Å². The van der Waals surface area contributed by atoms with Crippen LogP contribution >= 0.6 is 11.8 Å². The Labute approximate surface area is 145 Å². The molecule has 132 valence electrons. The molecule has 1 heterocycles. The number of likely N-dealkylation sites (N-methyl/N-ethyl adjacent to an activating group) is 1. The molecule has 7 heteroatoms. The van der Waals surface area contributed by atoms with E-state index in [1.807, 2.05) is 13.8 Å². The smallest absolute Gasteiger partial charge is 0.244 e. The summed E-state index contributed by atoms with van der Waals surface area (Å²) in [5.41, 5.74) is 0.229. The van der Waals surface area contributed by atoms with Gasteiger partial charge in [-0.2, -0.15) is 0 Å². The van der Waals surface area contributed by atoms with Gasteiger partial charge in [-0.1, -0.05) is 19.9 Å². The van der Waals surface area contributed by atoms with Gasteiger partial charge in [0.2, 0.25) is 11.8 Å². The van der Waals surface area contributed by atoms with Gasteiger partial charge in [0.1, 0.15) is 23.1 Å². The van der Waals surface area contributed by atoms with E-state index in [0.29, 0.717) is 6.42 Å². The number of hydrogen-bond acceptors (Lipinski definition) is 3. The van der Waals surface area contributed by atoms with Crippen LogP contribution in [0.25, 0.3) is 0 Å². The highest BCUT2D eigenvalue weighted by molar-refractivity contribution is 8.00. The first kappa shape index (κ1) is 18.7. The number of carbonyl (C=O) groups is 2. The lowest BCUT2D eigenvalue weighted by Gasteiger charge is -2.34. The number of rotatable bonds is 5. The lowest BCUT2D eigenvalue weighted by atomic mass is 10.00. The van der Waals surface area contributed by atoms with Gasteiger partial charge in [0.25, 0.3) is 0 Å². The van der Waals surface area contributed by atoms with Gasteiger partial charge < -0.3 is 9.80 Å². The number of thioether (sulfide) groups is 1. The van der Waals surface area contributed by atoms with Gasteiger partial charge in [-0.15, -0.1) is 11.8 Å². The molecule has 0 N–H and O–H groups in total. The average Bonchev–Trinajstić information content (AvgIpc) is 2.85. The van der Waals surface area contributed by atoms with E-state index >= 15 is 0 Å². The zero-order valence-electron chi connectivity index (χ0n) is 14.3. The van der Waals surface area contributed by atoms with E-state index in [1.165, 1.54) is 33.7 Å². The van der Waals surface area contributed by atoms with E-state index in [-0.39, 0.29) is 29.0 Å². The molecule has 24 heavy (non-hydrogen) atoms. The molecule has 1 aromatic carbocycles. The first-order valence-corrected chi connectivity index (χ1v) is 8.86. The molecule has 1 saturated heterocycles. The van der Waals surface area contributed by atoms with Crippen molar-refractivity contribution < 1.29 is 18.4 Å². The first-order valence-electron chi connectivity index (χ1n) is 7.81. The van der Waals surface area contributed by atoms with Crippen molar-refractivity contribution in [1.29, 1.82) is 0 Å². The molecule has 0 bridgehead atoms. The summed E-state index contributed by atoms with van der Waals surface area (Å²) in [4.78, 5) is 27.9. The second kappa shape index (κ2) is 7.51. The van der Waals surface area contributed by atoms with E-state index < -0.39 is 23.1 Å². The molecule has 1 aliphatic heterocycles. The van der Waals surface area contributed by atoms with E-state index in [0.717, 1.165) is 6.07 Å². The third-order valence-corrected chi connectivity index (χ3v) is 5.10. The number of nitrogens with zero attached hydrogens (tertiary/aromatic N) is 2. The van der Waals surface area contributed by atoms with E-state index in [1.54, 1.807) is 14.1 Å². The topological polar surface area (TPSA) is 40.6 Å². The molecule has 2 atom stereocenters. The average molecular weight is 356 g/mol. The van der Waals surface area contributed by atoms with Crippen LogP contribution in [0.2, 0.25) is 0 Å². The van der Waals surface area contributed by atoms with Crippen molar-refractivity contribution in [1.82, 2.24) is 9.80 Å². The predicted octanol–water partition coefficient (Wildman–Crippen LogP) is 3.04. The second-order valence-electron chi connectivity index (χ2n) is 6.51. The number of amides is 2. The number of halogens is 2. The van der Waals surface area contributed by atoms with Crippen LogP contribution in [0.3, 0.4) is 0 Å². The molecular formula is C17H22F2N2O2S. The first-order chi connectivity index (χ1) is 11.2. The molecule has 2 rings (SSSR count). The minimum absolute atomic E-state index is 0.177. The van der Waals surface area contributed by atoms with Gasteiger partial charge >= 0.3 is 0 Å². The summed E-state index contributed by atoms with van der Waals surface area (Å²) >= 11 is 1.26. The molecule has 0 aromatic heterocycles. The summed E-state index contributed by atoms with van der Waals surface area (Å²) in [5.74, 6) is -1.39. The quantitative estimate of drug-likeness (QED) is 0.814. The van der Waals surface area contributed by atoms with Crippen molar-refractivity contribution >= 4 is 23.6 Å². The summed E-state index contributed by atoms with van der Waals surface area (Å²) in [5, 5.41) is -0.620. The van der Waals surface area contributed by atoms with Crippen LogP contribution in [-0.2, 0) is 9.59 Å². The van der Waals surface area contributed by atoms with Crippen LogP contribution in [0, 0.1) is 17.6 Å². The zero-order valence-corrected chi connectivity index (χ0v) is 15.1. The van der Waals surface area contributed by atoms with Crippen LogP contribution in [0.1, 0.15) is 31.2 Å². The molecule has 0 aliphatic carbocycles. The summed E-state index contributed by atoms with van der Waals surface area (Å²) in [6.07, 6.45) is 0.489. The van der Waals surface area contributed by atoms with Gasteiger partial charge in [0, 0.05) is 25.7 Å². The second-order valence-corrected chi connectivity index (χ2v) is 7.58. The van der Waals surface area contributed by atoms with Crippen molar-refractivity contribution in [3.05, 3.63) is 35.4 Å². The minimum atomic E-state index is -0.701. The van der Waals surface area contributed by atoms with Crippen LogP contribution in [0.15, 0.2) is 18.2 Å². The molecule has 2 amide bonds. The van der Waals surface area contributed by atoms with Gasteiger partial charge in [-0.05, 0) is 18.4 Å². The Hall–Kier alpha value is -1.63. The highest BCUT2D eigenvalue weighted by Gasteiger charge is 2.42. The maximum absolute atomic E-state index is 14.2. The summed E-state index contributed by atoms with van der Waals surface area (Å²) < 4.78 is 27.4. The van der Waals surface area contributed by atoms with E-state index in [4.69, 9.17) is 0 Å². The normalized spacial score (nSPS) is 19.0. The fraction of sp³-hybridized carbons (Fsp3) is 0.529. The highest BCUT2D eigenvalue weighted by atomic mass is 32.2. The fourth-order valence-corrected chi connectivity index (χ4v) is 4.04. The maximum Gasteiger partial charge on any atom is 0.244 e. The van der Waals surface area contributed by atoms with Crippen molar-refractivity contribution in [2.24, 2.45) is 5.92 Å². The highest BCUT2D eigenvalue weighted by Crippen LogP contribution is 2.42. The lowest BCUT2D eigenvalue weighted by Crippen LogP contribution is -2.48. The van der Waals surface area contributed by atoms with Crippen LogP contribution < -0.4 is 0 Å². The van der Waals surface area contributed by atoms with Crippen molar-refractivity contribution in [2.75, 3.05) is 19.8 Å². The lowest BCUT2D eigenvalue weighted by molar-refractivity contribution is -0.143. The number of carbonyl (C=O) groups excluding carboxylic acids is 2.